The van der Waals surface area contributed by atoms with Gasteiger partial charge in [0.1, 0.15) is 11.5 Å². The summed E-state index contributed by atoms with van der Waals surface area (Å²) in [4.78, 5) is 14.5. The second-order valence-corrected chi connectivity index (χ2v) is 7.11. The first-order valence-electron chi connectivity index (χ1n) is 8.93. The zero-order valence-electron chi connectivity index (χ0n) is 16.5. The Balaban J connectivity index is 1.76. The van der Waals surface area contributed by atoms with Crippen molar-refractivity contribution < 1.29 is 13.9 Å². The van der Waals surface area contributed by atoms with Gasteiger partial charge in [0.2, 0.25) is 5.91 Å². The highest BCUT2D eigenvalue weighted by molar-refractivity contribution is 7.99. The number of methoxy groups -OCH3 is 1. The molecule has 0 atom stereocenters. The van der Waals surface area contributed by atoms with Crippen molar-refractivity contribution in [3.63, 3.8) is 0 Å². The molecule has 0 fully saturated rings. The Kier molecular flexibility index (Phi) is 6.57. The van der Waals surface area contributed by atoms with Crippen molar-refractivity contribution in [2.24, 2.45) is 7.05 Å². The zero-order valence-corrected chi connectivity index (χ0v) is 17.3. The molecule has 9 heteroatoms. The van der Waals surface area contributed by atoms with Crippen molar-refractivity contribution in [2.75, 3.05) is 24.3 Å². The van der Waals surface area contributed by atoms with Crippen LogP contribution in [0.4, 0.5) is 5.69 Å². The second-order valence-electron chi connectivity index (χ2n) is 6.17. The lowest BCUT2D eigenvalue weighted by Crippen LogP contribution is -2.33. The number of hydrogen-bond acceptors (Lipinski definition) is 7. The molecular formula is C20H21N5O3S. The Morgan fingerprint density at radius 1 is 1.34 bits per heavy atom. The first-order chi connectivity index (χ1) is 14.1. The van der Waals surface area contributed by atoms with E-state index in [9.17, 15) is 4.79 Å². The van der Waals surface area contributed by atoms with E-state index in [0.29, 0.717) is 22.4 Å². The average molecular weight is 411 g/mol. The maximum absolute atomic E-state index is 13.0. The number of aryl methyl sites for hydroxylation is 1. The predicted molar refractivity (Wildman–Crippen MR) is 110 cm³/mol. The average Bonchev–Trinajstić information content (AvgIpc) is 3.31. The molecule has 0 bridgehead atoms. The van der Waals surface area contributed by atoms with Gasteiger partial charge in [-0.15, -0.1) is 10.2 Å². The number of furan rings is 1. The first kappa shape index (κ1) is 20.5. The number of carbonyl (C=O) groups excluding carboxylic acids is 1. The van der Waals surface area contributed by atoms with Gasteiger partial charge in [0.25, 0.3) is 0 Å². The minimum Gasteiger partial charge on any atom is -0.495 e. The summed E-state index contributed by atoms with van der Waals surface area (Å²) in [5, 5.41) is 18.0. The molecule has 0 spiro atoms. The van der Waals surface area contributed by atoms with Crippen LogP contribution in [0.1, 0.15) is 12.2 Å². The summed E-state index contributed by atoms with van der Waals surface area (Å²) in [6.07, 6.45) is 1.83. The van der Waals surface area contributed by atoms with Gasteiger partial charge in [0.05, 0.1) is 42.9 Å². The number of hydrogen-bond donors (Lipinski definition) is 0. The van der Waals surface area contributed by atoms with Crippen molar-refractivity contribution in [1.29, 1.82) is 5.26 Å². The minimum absolute atomic E-state index is 0.140. The normalized spacial score (nSPS) is 10.6. The van der Waals surface area contributed by atoms with Gasteiger partial charge in [-0.25, -0.2) is 0 Å². The molecule has 1 amide bonds. The van der Waals surface area contributed by atoms with Gasteiger partial charge in [-0.3, -0.25) is 4.79 Å². The molecule has 1 aromatic carbocycles. The molecule has 8 nitrogen and oxygen atoms in total. The van der Waals surface area contributed by atoms with E-state index in [-0.39, 0.29) is 24.6 Å². The first-order valence-corrected chi connectivity index (χ1v) is 9.92. The van der Waals surface area contributed by atoms with Crippen LogP contribution in [0.5, 0.6) is 5.75 Å². The molecule has 0 aliphatic rings. The molecule has 3 rings (SSSR count). The number of carbonyl (C=O) groups is 1. The van der Waals surface area contributed by atoms with Crippen LogP contribution < -0.4 is 9.64 Å². The molecule has 29 heavy (non-hydrogen) atoms. The zero-order chi connectivity index (χ0) is 20.8. The largest absolute Gasteiger partial charge is 0.495 e. The Labute approximate surface area is 173 Å². The van der Waals surface area contributed by atoms with Crippen LogP contribution in [0.15, 0.2) is 46.2 Å². The van der Waals surface area contributed by atoms with Crippen molar-refractivity contribution in [2.45, 2.75) is 18.5 Å². The predicted octanol–water partition coefficient (Wildman–Crippen LogP) is 3.43. The van der Waals surface area contributed by atoms with Crippen molar-refractivity contribution in [3.8, 4) is 23.2 Å². The van der Waals surface area contributed by atoms with Crippen LogP contribution in [0.3, 0.4) is 0 Å². The fourth-order valence-corrected chi connectivity index (χ4v) is 3.68. The number of para-hydroxylation sites is 2. The Morgan fingerprint density at radius 2 is 2.14 bits per heavy atom. The number of ether oxygens (including phenoxy) is 1. The fourth-order valence-electron chi connectivity index (χ4n) is 2.89. The number of thioether (sulfide) groups is 1. The standard InChI is InChI=1S/C20H21N5O3S/c1-14-15(9-12-28-14)19-22-23-20(24(19)2)29-13-18(26)25(11-6-10-21)16-7-4-5-8-17(16)27-3/h4-5,7-9,12H,6,11,13H2,1-3H3. The quantitative estimate of drug-likeness (QED) is 0.524. The molecular weight excluding hydrogens is 390 g/mol. The van der Waals surface area contributed by atoms with Gasteiger partial charge in [-0.1, -0.05) is 23.9 Å². The number of rotatable bonds is 8. The third-order valence-electron chi connectivity index (χ3n) is 4.38. The summed E-state index contributed by atoms with van der Waals surface area (Å²) < 4.78 is 12.5. The van der Waals surface area contributed by atoms with E-state index in [1.807, 2.05) is 36.7 Å². The van der Waals surface area contributed by atoms with Crippen LogP contribution in [-0.2, 0) is 11.8 Å². The third kappa shape index (κ3) is 4.43. The number of anilines is 1. The van der Waals surface area contributed by atoms with Gasteiger partial charge in [0.15, 0.2) is 11.0 Å². The van der Waals surface area contributed by atoms with Crippen molar-refractivity contribution >= 4 is 23.4 Å². The molecule has 0 aliphatic carbocycles. The molecule has 0 radical (unpaired) electrons. The Morgan fingerprint density at radius 3 is 2.83 bits per heavy atom. The lowest BCUT2D eigenvalue weighted by molar-refractivity contribution is -0.116. The molecule has 3 aromatic rings. The number of benzene rings is 1. The van der Waals surface area contributed by atoms with E-state index >= 15 is 0 Å². The summed E-state index contributed by atoms with van der Waals surface area (Å²) >= 11 is 1.29. The number of nitrogens with zero attached hydrogens (tertiary/aromatic N) is 5. The molecule has 2 heterocycles. The molecule has 0 aliphatic heterocycles. The summed E-state index contributed by atoms with van der Waals surface area (Å²) in [6.45, 7) is 2.15. The molecule has 2 aromatic heterocycles. The van der Waals surface area contributed by atoms with Crippen LogP contribution in [0, 0.1) is 18.3 Å². The van der Waals surface area contributed by atoms with E-state index in [4.69, 9.17) is 14.4 Å². The number of nitriles is 1. The topological polar surface area (TPSA) is 97.2 Å². The fraction of sp³-hybridized carbons (Fsp3) is 0.300. The lowest BCUT2D eigenvalue weighted by Gasteiger charge is -2.23. The van der Waals surface area contributed by atoms with Crippen LogP contribution in [-0.4, -0.2) is 40.1 Å². The van der Waals surface area contributed by atoms with E-state index < -0.39 is 0 Å². The maximum atomic E-state index is 13.0. The number of amides is 1. The van der Waals surface area contributed by atoms with Crippen molar-refractivity contribution in [3.05, 3.63) is 42.4 Å². The highest BCUT2D eigenvalue weighted by atomic mass is 32.2. The SMILES string of the molecule is COc1ccccc1N(CCC#N)C(=O)CSc1nnc(-c2ccoc2C)n1C. The minimum atomic E-state index is -0.140. The van der Waals surface area contributed by atoms with E-state index in [0.717, 1.165) is 11.3 Å². The molecule has 0 saturated heterocycles. The Hall–Kier alpha value is -3.25. The van der Waals surface area contributed by atoms with Gasteiger partial charge in [-0.2, -0.15) is 5.26 Å². The Bertz CT molecular complexity index is 1040. The van der Waals surface area contributed by atoms with Crippen molar-refractivity contribution in [1.82, 2.24) is 14.8 Å². The number of aromatic nitrogens is 3. The summed E-state index contributed by atoms with van der Waals surface area (Å²) in [5.74, 6) is 2.03. The molecule has 0 N–H and O–H groups in total. The maximum Gasteiger partial charge on any atom is 0.237 e. The monoisotopic (exact) mass is 411 g/mol. The van der Waals surface area contributed by atoms with E-state index in [1.54, 1.807) is 30.4 Å². The van der Waals surface area contributed by atoms with Gasteiger partial charge >= 0.3 is 0 Å². The molecule has 150 valence electrons. The summed E-state index contributed by atoms with van der Waals surface area (Å²) in [5.41, 5.74) is 1.51. The smallest absolute Gasteiger partial charge is 0.237 e. The highest BCUT2D eigenvalue weighted by Crippen LogP contribution is 2.30. The van der Waals surface area contributed by atoms with E-state index in [2.05, 4.69) is 16.3 Å². The second kappa shape index (κ2) is 9.30. The summed E-state index contributed by atoms with van der Waals surface area (Å²) in [7, 11) is 3.40. The highest BCUT2D eigenvalue weighted by Gasteiger charge is 2.21. The van der Waals surface area contributed by atoms with Crippen LogP contribution in [0.2, 0.25) is 0 Å². The molecule has 0 unspecified atom stereocenters. The van der Waals surface area contributed by atoms with Gasteiger partial charge < -0.3 is 18.6 Å². The van der Waals surface area contributed by atoms with Crippen LogP contribution in [0.25, 0.3) is 11.4 Å². The van der Waals surface area contributed by atoms with Gasteiger partial charge in [0, 0.05) is 13.6 Å². The summed E-state index contributed by atoms with van der Waals surface area (Å²) in [6, 6.07) is 11.2. The van der Waals surface area contributed by atoms with E-state index in [1.165, 1.54) is 11.8 Å². The third-order valence-corrected chi connectivity index (χ3v) is 5.39. The lowest BCUT2D eigenvalue weighted by atomic mass is 10.2. The molecule has 0 saturated carbocycles. The van der Waals surface area contributed by atoms with Crippen LogP contribution >= 0.6 is 11.8 Å². The van der Waals surface area contributed by atoms with Gasteiger partial charge in [-0.05, 0) is 25.1 Å².